The van der Waals surface area contributed by atoms with Crippen molar-refractivity contribution in [1.29, 1.82) is 0 Å². The Morgan fingerprint density at radius 2 is 2.17 bits per heavy atom. The number of hydrogen-bond acceptors (Lipinski definition) is 4. The molecule has 1 aliphatic heterocycles. The molecule has 0 amide bonds. The van der Waals surface area contributed by atoms with Crippen molar-refractivity contribution in [3.05, 3.63) is 51.4 Å². The van der Waals surface area contributed by atoms with E-state index in [-0.39, 0.29) is 12.1 Å². The summed E-state index contributed by atoms with van der Waals surface area (Å²) >= 11 is 13.4. The highest BCUT2D eigenvalue weighted by molar-refractivity contribution is 7.80. The van der Waals surface area contributed by atoms with Crippen LogP contribution < -0.4 is 5.32 Å². The Bertz CT molecular complexity index is 674. The molecular formula is C16H19ClN4S2. The van der Waals surface area contributed by atoms with Crippen molar-refractivity contribution in [2.45, 2.75) is 12.1 Å². The Morgan fingerprint density at radius 1 is 1.35 bits per heavy atom. The first-order valence-electron chi connectivity index (χ1n) is 7.44. The maximum absolute atomic E-state index is 6.17. The molecule has 1 aliphatic rings. The van der Waals surface area contributed by atoms with Crippen molar-refractivity contribution in [2.24, 2.45) is 0 Å². The predicted molar refractivity (Wildman–Crippen MR) is 100 cm³/mol. The maximum atomic E-state index is 6.17. The number of thiocarbonyl (C=S) groups is 1. The van der Waals surface area contributed by atoms with Gasteiger partial charge in [-0.15, -0.1) is 11.3 Å². The van der Waals surface area contributed by atoms with Gasteiger partial charge >= 0.3 is 0 Å². The molecule has 0 aromatic carbocycles. The molecule has 2 aromatic rings. The quantitative estimate of drug-likeness (QED) is 0.820. The molecule has 122 valence electrons. The van der Waals surface area contributed by atoms with Gasteiger partial charge in [0.2, 0.25) is 0 Å². The number of likely N-dealkylation sites (N-methyl/N-ethyl adjacent to an activating group) is 1. The highest BCUT2D eigenvalue weighted by Crippen LogP contribution is 2.41. The van der Waals surface area contributed by atoms with Gasteiger partial charge in [0, 0.05) is 24.2 Å². The number of rotatable bonds is 5. The van der Waals surface area contributed by atoms with Gasteiger partial charge in [0.05, 0.1) is 22.1 Å². The fourth-order valence-electron chi connectivity index (χ4n) is 2.75. The lowest BCUT2D eigenvalue weighted by molar-refractivity contribution is 0.280. The summed E-state index contributed by atoms with van der Waals surface area (Å²) < 4.78 is 0.796. The second-order valence-electron chi connectivity index (χ2n) is 5.77. The zero-order valence-corrected chi connectivity index (χ0v) is 15.5. The molecule has 2 atom stereocenters. The standard InChI is InChI=1S/C16H19ClN4S2/c1-20(2)9-10-21-15(12-6-7-13(17)23-12)14(19-16(21)22)11-5-3-4-8-18-11/h3-8,14-15H,9-10H2,1-2H3,(H,19,22)/t14-,15+/m0/s1. The van der Waals surface area contributed by atoms with Crippen molar-refractivity contribution in [3.8, 4) is 0 Å². The third kappa shape index (κ3) is 3.66. The molecule has 3 heterocycles. The van der Waals surface area contributed by atoms with Crippen molar-refractivity contribution >= 4 is 40.3 Å². The van der Waals surface area contributed by atoms with Crippen LogP contribution in [0.4, 0.5) is 0 Å². The molecule has 2 aromatic heterocycles. The van der Waals surface area contributed by atoms with E-state index in [9.17, 15) is 0 Å². The van der Waals surface area contributed by atoms with Crippen LogP contribution in [0.15, 0.2) is 36.5 Å². The van der Waals surface area contributed by atoms with Crippen LogP contribution in [-0.4, -0.2) is 47.1 Å². The maximum Gasteiger partial charge on any atom is 0.170 e. The van der Waals surface area contributed by atoms with Gasteiger partial charge in [-0.1, -0.05) is 17.7 Å². The number of pyridine rings is 1. The fourth-order valence-corrected chi connectivity index (χ4v) is 4.29. The van der Waals surface area contributed by atoms with E-state index in [1.54, 1.807) is 11.3 Å². The molecule has 0 aliphatic carbocycles. The van der Waals surface area contributed by atoms with E-state index in [0.29, 0.717) is 0 Å². The van der Waals surface area contributed by atoms with Crippen LogP contribution in [0.3, 0.4) is 0 Å². The molecule has 0 unspecified atom stereocenters. The van der Waals surface area contributed by atoms with E-state index >= 15 is 0 Å². The average molecular weight is 367 g/mol. The number of nitrogens with zero attached hydrogens (tertiary/aromatic N) is 3. The Kier molecular flexibility index (Phi) is 5.16. The first kappa shape index (κ1) is 16.6. The monoisotopic (exact) mass is 366 g/mol. The molecule has 0 radical (unpaired) electrons. The minimum Gasteiger partial charge on any atom is -0.352 e. The third-order valence-electron chi connectivity index (χ3n) is 3.87. The normalized spacial score (nSPS) is 21.0. The number of hydrogen-bond donors (Lipinski definition) is 1. The molecular weight excluding hydrogens is 348 g/mol. The molecule has 1 fully saturated rings. The van der Waals surface area contributed by atoms with E-state index in [4.69, 9.17) is 23.8 Å². The largest absolute Gasteiger partial charge is 0.352 e. The van der Waals surface area contributed by atoms with Crippen LogP contribution in [-0.2, 0) is 0 Å². The van der Waals surface area contributed by atoms with Crippen LogP contribution in [0.2, 0.25) is 4.34 Å². The van der Waals surface area contributed by atoms with Crippen LogP contribution in [0.1, 0.15) is 22.7 Å². The summed E-state index contributed by atoms with van der Waals surface area (Å²) in [4.78, 5) is 10.1. The van der Waals surface area contributed by atoms with Crippen LogP contribution in [0, 0.1) is 0 Å². The average Bonchev–Trinajstić information content (AvgIpc) is 3.09. The zero-order chi connectivity index (χ0) is 16.4. The van der Waals surface area contributed by atoms with E-state index in [2.05, 4.69) is 40.3 Å². The summed E-state index contributed by atoms with van der Waals surface area (Å²) in [6.07, 6.45) is 1.82. The summed E-state index contributed by atoms with van der Waals surface area (Å²) in [6, 6.07) is 10.2. The zero-order valence-electron chi connectivity index (χ0n) is 13.1. The molecule has 1 saturated heterocycles. The first-order valence-corrected chi connectivity index (χ1v) is 9.04. The number of nitrogens with one attached hydrogen (secondary N) is 1. The van der Waals surface area contributed by atoms with E-state index < -0.39 is 0 Å². The second kappa shape index (κ2) is 7.13. The summed E-state index contributed by atoms with van der Waals surface area (Å²) in [6.45, 7) is 1.80. The van der Waals surface area contributed by atoms with E-state index in [1.807, 2.05) is 30.5 Å². The van der Waals surface area contributed by atoms with Gasteiger partial charge < -0.3 is 15.1 Å². The molecule has 23 heavy (non-hydrogen) atoms. The molecule has 4 nitrogen and oxygen atoms in total. The minimum atomic E-state index is 0.0422. The lowest BCUT2D eigenvalue weighted by Crippen LogP contribution is -2.35. The summed E-state index contributed by atoms with van der Waals surface area (Å²) in [5, 5.41) is 4.22. The fraction of sp³-hybridized carbons (Fsp3) is 0.375. The predicted octanol–water partition coefficient (Wildman–Crippen LogP) is 3.33. The van der Waals surface area contributed by atoms with E-state index in [1.165, 1.54) is 4.88 Å². The van der Waals surface area contributed by atoms with Gasteiger partial charge in [-0.2, -0.15) is 0 Å². The number of halogens is 1. The van der Waals surface area contributed by atoms with Gasteiger partial charge in [0.15, 0.2) is 5.11 Å². The molecule has 0 spiro atoms. The first-order chi connectivity index (χ1) is 11.1. The number of thiophene rings is 1. The van der Waals surface area contributed by atoms with Gasteiger partial charge in [-0.05, 0) is 50.6 Å². The highest BCUT2D eigenvalue weighted by atomic mass is 35.5. The summed E-state index contributed by atoms with van der Waals surface area (Å²) in [5.41, 5.74) is 0.997. The van der Waals surface area contributed by atoms with Crippen LogP contribution >= 0.6 is 35.2 Å². The molecule has 7 heteroatoms. The second-order valence-corrected chi connectivity index (χ2v) is 7.90. The summed E-state index contributed by atoms with van der Waals surface area (Å²) in [7, 11) is 4.14. The lowest BCUT2D eigenvalue weighted by atomic mass is 10.0. The SMILES string of the molecule is CN(C)CCN1C(=S)N[C@@H](c2ccccn2)[C@H]1c1ccc(Cl)s1. The molecule has 3 rings (SSSR count). The number of aromatic nitrogens is 1. The van der Waals surface area contributed by atoms with Crippen LogP contribution in [0.25, 0.3) is 0 Å². The lowest BCUT2D eigenvalue weighted by Gasteiger charge is -2.27. The van der Waals surface area contributed by atoms with Crippen molar-refractivity contribution in [1.82, 2.24) is 20.1 Å². The Labute approximate surface area is 151 Å². The third-order valence-corrected chi connectivity index (χ3v) is 5.53. The summed E-state index contributed by atoms with van der Waals surface area (Å²) in [5.74, 6) is 0. The van der Waals surface area contributed by atoms with Gasteiger partial charge in [-0.25, -0.2) is 0 Å². The minimum absolute atomic E-state index is 0.0422. The highest BCUT2D eigenvalue weighted by Gasteiger charge is 2.40. The smallest absolute Gasteiger partial charge is 0.170 e. The van der Waals surface area contributed by atoms with Crippen molar-refractivity contribution in [2.75, 3.05) is 27.2 Å². The topological polar surface area (TPSA) is 31.4 Å². The van der Waals surface area contributed by atoms with Gasteiger partial charge in [0.1, 0.15) is 0 Å². The van der Waals surface area contributed by atoms with Gasteiger partial charge in [0.25, 0.3) is 0 Å². The molecule has 0 bridgehead atoms. The van der Waals surface area contributed by atoms with Crippen molar-refractivity contribution < 1.29 is 0 Å². The van der Waals surface area contributed by atoms with Crippen LogP contribution in [0.5, 0.6) is 0 Å². The van der Waals surface area contributed by atoms with E-state index in [0.717, 1.165) is 28.2 Å². The van der Waals surface area contributed by atoms with Crippen molar-refractivity contribution in [3.63, 3.8) is 0 Å². The Balaban J connectivity index is 1.94. The molecule has 0 saturated carbocycles. The van der Waals surface area contributed by atoms with Gasteiger partial charge in [-0.3, -0.25) is 4.98 Å². The Morgan fingerprint density at radius 3 is 2.78 bits per heavy atom. The molecule has 1 N–H and O–H groups in total. The Hall–Kier alpha value is -1.21.